The molecule has 0 aliphatic carbocycles. The van der Waals surface area contributed by atoms with E-state index in [-0.39, 0.29) is 106 Å². The third kappa shape index (κ3) is 66.3. The van der Waals surface area contributed by atoms with Crippen LogP contribution >= 0.6 is 23.5 Å². The summed E-state index contributed by atoms with van der Waals surface area (Å²) in [4.78, 5) is 66.8. The first-order valence-corrected chi connectivity index (χ1v) is 49.5. The molecular weight excluding hydrogens is 1800 g/mol. The zero-order chi connectivity index (χ0) is 92.2. The highest BCUT2D eigenvalue weighted by Crippen LogP contribution is 2.27. The van der Waals surface area contributed by atoms with E-state index in [1.54, 1.807) is 0 Å². The van der Waals surface area contributed by atoms with Crippen LogP contribution in [0, 0.1) is 5.92 Å². The van der Waals surface area contributed by atoms with Gasteiger partial charge in [0.2, 0.25) is 0 Å². The summed E-state index contributed by atoms with van der Waals surface area (Å²) in [5.41, 5.74) is 0. The molecule has 0 aromatic heterocycles. The van der Waals surface area contributed by atoms with Crippen molar-refractivity contribution in [1.82, 2.24) is 0 Å². The number of epoxide rings is 19. The van der Waals surface area contributed by atoms with Crippen molar-refractivity contribution in [2.75, 3.05) is 294 Å². The highest BCUT2D eigenvalue weighted by molar-refractivity contribution is 8.02. The molecule has 0 saturated carbocycles. The fourth-order valence-corrected chi connectivity index (χ4v) is 12.8. The average molecular weight is 1940 g/mol. The molecule has 19 aliphatic heterocycles. The molecule has 133 heavy (non-hydrogen) atoms. The molecule has 42 heteroatoms. The van der Waals surface area contributed by atoms with E-state index in [1.807, 2.05) is 47.8 Å². The van der Waals surface area contributed by atoms with Gasteiger partial charge in [-0.3, -0.25) is 19.2 Å². The molecule has 19 fully saturated rings. The molecule has 40 nitrogen and oxygen atoms in total. The Morgan fingerprint density at radius 2 is 0.511 bits per heavy atom. The Kier molecular flexibility index (Phi) is 51.2. The molecule has 19 aliphatic rings. The second-order valence-corrected chi connectivity index (χ2v) is 36.5. The Morgan fingerprint density at radius 3 is 0.789 bits per heavy atom. The second kappa shape index (κ2) is 63.7. The lowest BCUT2D eigenvalue weighted by atomic mass is 10.1. The summed E-state index contributed by atoms with van der Waals surface area (Å²) in [5, 5.41) is 0. The number of hydrogen-bond acceptors (Lipinski definition) is 42. The minimum absolute atomic E-state index is 0.0244. The number of thioether (sulfide) groups is 2. The number of unbranched alkanes of at least 4 members (excludes halogenated alkanes) is 3. The number of esters is 6. The molecule has 20 rings (SSSR count). The van der Waals surface area contributed by atoms with Gasteiger partial charge in [-0.05, 0) is 50.7 Å². The second-order valence-electron chi connectivity index (χ2n) is 34.2. The zero-order valence-electron chi connectivity index (χ0n) is 76.5. The fraction of sp³-hybridized carbons (Fsp3) is 0.846. The van der Waals surface area contributed by atoms with Crippen molar-refractivity contribution in [3.05, 3.63) is 36.4 Å². The predicted molar refractivity (Wildman–Crippen MR) is 467 cm³/mol. The van der Waals surface area contributed by atoms with Crippen molar-refractivity contribution in [2.24, 2.45) is 5.92 Å². The quantitative estimate of drug-likeness (QED) is 0.0295. The number of ether oxygens (including phenoxy) is 34. The molecule has 1 aromatic carbocycles. The summed E-state index contributed by atoms with van der Waals surface area (Å²) in [7, 11) is 0. The Morgan fingerprint density at radius 1 is 0.271 bits per heavy atom. The van der Waals surface area contributed by atoms with E-state index in [0.29, 0.717) is 225 Å². The molecule has 19 unspecified atom stereocenters. The summed E-state index contributed by atoms with van der Waals surface area (Å²) >= 11 is 4.02. The van der Waals surface area contributed by atoms with Gasteiger partial charge in [-0.1, -0.05) is 18.9 Å². The minimum atomic E-state index is -0.574. The van der Waals surface area contributed by atoms with E-state index in [4.69, 9.17) is 161 Å². The number of benzene rings is 1. The summed E-state index contributed by atoms with van der Waals surface area (Å²) in [5.74, 6) is 4.42. The van der Waals surface area contributed by atoms with Crippen LogP contribution in [0.2, 0.25) is 0 Å². The Hall–Kier alpha value is -4.96. The molecular formula is C91H140O40S2. The topological polar surface area (TPSA) is 479 Å². The smallest absolute Gasteiger partial charge is 0.331 e. The maximum atomic E-state index is 11.2. The first-order chi connectivity index (χ1) is 65.3. The van der Waals surface area contributed by atoms with Crippen LogP contribution in [0.1, 0.15) is 77.0 Å². The van der Waals surface area contributed by atoms with Crippen LogP contribution in [0.4, 0.5) is 0 Å². The van der Waals surface area contributed by atoms with Crippen LogP contribution < -0.4 is 9.47 Å². The highest BCUT2D eigenvalue weighted by Gasteiger charge is 2.34. The van der Waals surface area contributed by atoms with Gasteiger partial charge in [0, 0.05) is 73.2 Å². The Labute approximate surface area is 786 Å². The molecule has 0 N–H and O–H groups in total. The maximum Gasteiger partial charge on any atom is 0.331 e. The number of rotatable bonds is 68. The van der Waals surface area contributed by atoms with Crippen molar-refractivity contribution in [3.63, 3.8) is 0 Å². The molecule has 0 radical (unpaired) electrons. The number of carbonyl (C=O) groups is 6. The van der Waals surface area contributed by atoms with E-state index in [2.05, 4.69) is 0 Å². The lowest BCUT2D eigenvalue weighted by Gasteiger charge is -2.17. The standard InChI is InChI=1S/C13H22O6.C12H18O6.C12H14O4.C10H14O6.C10H12O6.C10H18O4.C8H14O4.C8H14O2S2.C8H14O2/c1(14-4-11-7-17-11)10(2-15-5-12-8-18-12)3-16-6-13-9-19-13;13-11(17-7-9-5-15-9)3-1-2-4-12(14)18-8-10-6-16-10;1-2-9(13-5-11-7-15-11)4-10(3-1)14-6-12-8-16-12;2*11-9(15-5-7-3-13-7)1-2-10(12)16-6-8-4-14-8;1(3-11-5-9-7-13-9)2-4-12-6-10-8-14-10;1(9-3-7-5-11-7)2-10-4-8-6-12-8;1(11-5-7-3-9-7)2-12-6-8-4-10-8;1(3-7-5-9-7)2-4-8-6-10-8/h10-13H,1-9H2;9-10H,1-8H2;1-4,11-12H,5-8H2;7-8H,1-6H2;1-2,7-8H,3-6H2;9-10H,1-8H2;2*7-8H,1-6H2;7-8H,1-6H2/b;;;;2-1+;;;;. The van der Waals surface area contributed by atoms with Crippen molar-refractivity contribution < 1.29 is 190 Å². The van der Waals surface area contributed by atoms with Gasteiger partial charge in [-0.25, -0.2) is 9.59 Å². The molecule has 19 atom stereocenters. The number of hydrogen-bond donors (Lipinski definition) is 0. The molecule has 0 amide bonds. The van der Waals surface area contributed by atoms with E-state index >= 15 is 0 Å². The van der Waals surface area contributed by atoms with Gasteiger partial charge in [0.1, 0.15) is 156 Å². The number of carbonyl (C=O) groups excluding carboxylic acids is 6. The van der Waals surface area contributed by atoms with Gasteiger partial charge in [0.25, 0.3) is 0 Å². The van der Waals surface area contributed by atoms with Crippen LogP contribution in [-0.4, -0.2) is 446 Å². The molecule has 1 aromatic rings. The summed E-state index contributed by atoms with van der Waals surface area (Å²) < 4.78 is 174. The van der Waals surface area contributed by atoms with Gasteiger partial charge in [-0.15, -0.1) is 0 Å². The Bertz CT molecular complexity index is 3100. The first-order valence-electron chi connectivity index (χ1n) is 47.2. The highest BCUT2D eigenvalue weighted by atomic mass is 32.2. The normalized spacial score (nSPS) is 29.1. The lowest BCUT2D eigenvalue weighted by Crippen LogP contribution is -2.24. The van der Waals surface area contributed by atoms with Gasteiger partial charge in [0.05, 0.1) is 242 Å². The minimum Gasteiger partial charge on any atom is -0.491 e. The average Bonchev–Trinajstić information content (AvgIpc) is 1.57. The fourth-order valence-electron chi connectivity index (χ4n) is 10.6. The van der Waals surface area contributed by atoms with Crippen LogP contribution in [-0.2, 0) is 180 Å². The van der Waals surface area contributed by atoms with Crippen LogP contribution in [0.5, 0.6) is 11.5 Å². The van der Waals surface area contributed by atoms with Gasteiger partial charge < -0.3 is 161 Å². The third-order valence-electron chi connectivity index (χ3n) is 20.4. The SMILES string of the molecule is C(CCC1CO1)CC1CO1.C(CCOCC1CO1)COCC1CO1.C(COCC1CO1)OCC1CO1.C(CSCC1CO1)SCC1CO1.C(OCC1CO1)C(COCC1CO1)COCC1CO1.O=C(/C=C/C(=O)OCC1CO1)OCC1CO1.O=C(CCC(=O)OCC1CO1)OCC1CO1.O=C(CCCCC(=O)OCC1CO1)OCC1CO1.c1cc(OCC2CO2)cc(OCC2CO2)c1. The van der Waals surface area contributed by atoms with Crippen molar-refractivity contribution in [1.29, 1.82) is 0 Å². The van der Waals surface area contributed by atoms with Crippen LogP contribution in [0.15, 0.2) is 36.4 Å². The van der Waals surface area contributed by atoms with Crippen molar-refractivity contribution in [3.8, 4) is 11.5 Å². The first kappa shape index (κ1) is 107. The molecule has 19 saturated heterocycles. The van der Waals surface area contributed by atoms with E-state index in [1.165, 1.54) is 48.7 Å². The molecule has 0 bridgehead atoms. The zero-order valence-corrected chi connectivity index (χ0v) is 78.1. The van der Waals surface area contributed by atoms with E-state index < -0.39 is 23.9 Å². The molecule has 0 spiro atoms. The van der Waals surface area contributed by atoms with Crippen LogP contribution in [0.3, 0.4) is 0 Å². The predicted octanol–water partition coefficient (Wildman–Crippen LogP) is 3.61. The van der Waals surface area contributed by atoms with E-state index in [9.17, 15) is 28.8 Å². The summed E-state index contributed by atoms with van der Waals surface area (Å²) in [6, 6.07) is 7.66. The summed E-state index contributed by atoms with van der Waals surface area (Å²) in [6.45, 7) is 28.4. The van der Waals surface area contributed by atoms with Crippen molar-refractivity contribution in [2.45, 2.75) is 193 Å². The van der Waals surface area contributed by atoms with Gasteiger partial charge in [-0.2, -0.15) is 23.5 Å². The van der Waals surface area contributed by atoms with E-state index in [0.717, 1.165) is 149 Å². The summed E-state index contributed by atoms with van der Waals surface area (Å²) in [6.07, 6.45) is 17.2. The lowest BCUT2D eigenvalue weighted by molar-refractivity contribution is -0.150. The van der Waals surface area contributed by atoms with Gasteiger partial charge >= 0.3 is 35.8 Å². The monoisotopic (exact) mass is 1940 g/mol. The van der Waals surface area contributed by atoms with Crippen molar-refractivity contribution >= 4 is 59.3 Å². The van der Waals surface area contributed by atoms with Gasteiger partial charge in [0.15, 0.2) is 0 Å². The third-order valence-corrected chi connectivity index (χ3v) is 22.9. The van der Waals surface area contributed by atoms with Crippen LogP contribution in [0.25, 0.3) is 0 Å². The molecule has 19 heterocycles. The molecule has 756 valence electrons. The maximum absolute atomic E-state index is 11.2. The Balaban J connectivity index is 0.000000136. The largest absolute Gasteiger partial charge is 0.491 e.